The lowest BCUT2D eigenvalue weighted by Gasteiger charge is -2.09. The Kier molecular flexibility index (Phi) is 5.32. The van der Waals surface area contributed by atoms with Gasteiger partial charge in [-0.3, -0.25) is 5.32 Å². The Labute approximate surface area is 136 Å². The van der Waals surface area contributed by atoms with Crippen LogP contribution in [0.1, 0.15) is 10.4 Å². The van der Waals surface area contributed by atoms with E-state index in [-0.39, 0.29) is 5.82 Å². The summed E-state index contributed by atoms with van der Waals surface area (Å²) in [5, 5.41) is 13.4. The topological polar surface area (TPSA) is 102 Å². The Morgan fingerprint density at radius 1 is 1.04 bits per heavy atom. The summed E-state index contributed by atoms with van der Waals surface area (Å²) in [6.07, 6.45) is -0.645. The van der Waals surface area contributed by atoms with Gasteiger partial charge in [0.1, 0.15) is 0 Å². The smallest absolute Gasteiger partial charge is 0.412 e. The van der Waals surface area contributed by atoms with Crippen LogP contribution in [-0.4, -0.2) is 36.5 Å². The van der Waals surface area contributed by atoms with Gasteiger partial charge >= 0.3 is 12.1 Å². The standard InChI is InChI=1S/C14H13ClN4O4/c1-22-13(20)8-3-4-9(15)10(7-8)16-11-5-6-12(19-18-11)17-14(21)23-2/h3-7H,1-2H3,(H,16,18)(H,17,19,21). The number of nitrogens with one attached hydrogen (secondary N) is 2. The molecular weight excluding hydrogens is 324 g/mol. The van der Waals surface area contributed by atoms with Gasteiger partial charge in [0.15, 0.2) is 11.6 Å². The molecule has 23 heavy (non-hydrogen) atoms. The molecule has 1 heterocycles. The molecule has 0 aliphatic rings. The van der Waals surface area contributed by atoms with E-state index in [1.807, 2.05) is 0 Å². The molecule has 1 aromatic carbocycles. The van der Waals surface area contributed by atoms with Gasteiger partial charge < -0.3 is 14.8 Å². The van der Waals surface area contributed by atoms with Crippen molar-refractivity contribution in [1.29, 1.82) is 0 Å². The van der Waals surface area contributed by atoms with Crippen LogP contribution in [0.25, 0.3) is 0 Å². The quantitative estimate of drug-likeness (QED) is 0.827. The highest BCUT2D eigenvalue weighted by Crippen LogP contribution is 2.26. The molecule has 0 bridgehead atoms. The number of carbonyl (C=O) groups excluding carboxylic acids is 2. The van der Waals surface area contributed by atoms with E-state index in [1.165, 1.54) is 26.4 Å². The zero-order valence-corrected chi connectivity index (χ0v) is 13.0. The van der Waals surface area contributed by atoms with Gasteiger partial charge in [-0.2, -0.15) is 0 Å². The van der Waals surface area contributed by atoms with Crippen LogP contribution in [0.4, 0.5) is 22.1 Å². The molecule has 0 aliphatic heterocycles. The monoisotopic (exact) mass is 336 g/mol. The van der Waals surface area contributed by atoms with Crippen molar-refractivity contribution in [3.8, 4) is 0 Å². The third-order valence-electron chi connectivity index (χ3n) is 2.73. The van der Waals surface area contributed by atoms with Crippen LogP contribution >= 0.6 is 11.6 Å². The second-order valence-electron chi connectivity index (χ2n) is 4.23. The molecule has 0 saturated carbocycles. The lowest BCUT2D eigenvalue weighted by molar-refractivity contribution is 0.0600. The van der Waals surface area contributed by atoms with Crippen molar-refractivity contribution in [1.82, 2.24) is 10.2 Å². The first kappa shape index (κ1) is 16.5. The third-order valence-corrected chi connectivity index (χ3v) is 3.06. The zero-order valence-electron chi connectivity index (χ0n) is 12.3. The van der Waals surface area contributed by atoms with Crippen LogP contribution in [0.2, 0.25) is 5.02 Å². The fraction of sp³-hybridized carbons (Fsp3) is 0.143. The number of anilines is 3. The van der Waals surface area contributed by atoms with Gasteiger partial charge in [0.25, 0.3) is 0 Å². The summed E-state index contributed by atoms with van der Waals surface area (Å²) >= 11 is 6.08. The molecule has 8 nitrogen and oxygen atoms in total. The maximum Gasteiger partial charge on any atom is 0.412 e. The van der Waals surface area contributed by atoms with Crippen molar-refractivity contribution in [2.75, 3.05) is 24.9 Å². The van der Waals surface area contributed by atoms with Crippen molar-refractivity contribution in [2.45, 2.75) is 0 Å². The number of benzene rings is 1. The average Bonchev–Trinajstić information content (AvgIpc) is 2.57. The number of rotatable bonds is 4. The highest BCUT2D eigenvalue weighted by Gasteiger charge is 2.10. The SMILES string of the molecule is COC(=O)Nc1ccc(Nc2cc(C(=O)OC)ccc2Cl)nn1. The van der Waals surface area contributed by atoms with Gasteiger partial charge in [-0.1, -0.05) is 11.6 Å². The molecule has 1 amide bonds. The number of nitrogens with zero attached hydrogens (tertiary/aromatic N) is 2. The minimum atomic E-state index is -0.645. The molecule has 0 fully saturated rings. The highest BCUT2D eigenvalue weighted by molar-refractivity contribution is 6.33. The molecule has 2 rings (SSSR count). The Morgan fingerprint density at radius 3 is 2.35 bits per heavy atom. The summed E-state index contributed by atoms with van der Waals surface area (Å²) in [4.78, 5) is 22.6. The number of aromatic nitrogens is 2. The van der Waals surface area contributed by atoms with Crippen molar-refractivity contribution in [2.24, 2.45) is 0 Å². The molecule has 0 aliphatic carbocycles. The number of halogens is 1. The number of methoxy groups -OCH3 is 2. The predicted molar refractivity (Wildman–Crippen MR) is 84.1 cm³/mol. The maximum absolute atomic E-state index is 11.5. The molecule has 1 aromatic heterocycles. The molecule has 0 unspecified atom stereocenters. The van der Waals surface area contributed by atoms with Gasteiger partial charge in [0, 0.05) is 0 Å². The van der Waals surface area contributed by atoms with Gasteiger partial charge in [-0.15, -0.1) is 10.2 Å². The summed E-state index contributed by atoms with van der Waals surface area (Å²) in [5.41, 5.74) is 0.814. The molecule has 0 radical (unpaired) electrons. The van der Waals surface area contributed by atoms with E-state index < -0.39 is 12.1 Å². The fourth-order valence-corrected chi connectivity index (χ4v) is 1.79. The number of esters is 1. The molecule has 0 spiro atoms. The van der Waals surface area contributed by atoms with Crippen LogP contribution in [0, 0.1) is 0 Å². The number of carbonyl (C=O) groups is 2. The molecule has 2 aromatic rings. The number of ether oxygens (including phenoxy) is 2. The minimum Gasteiger partial charge on any atom is -0.465 e. The molecular formula is C14H13ClN4O4. The van der Waals surface area contributed by atoms with E-state index in [2.05, 4.69) is 30.3 Å². The average molecular weight is 337 g/mol. The lowest BCUT2D eigenvalue weighted by atomic mass is 10.2. The summed E-state index contributed by atoms with van der Waals surface area (Å²) < 4.78 is 9.10. The normalized spacial score (nSPS) is 9.87. The van der Waals surface area contributed by atoms with E-state index in [4.69, 9.17) is 11.6 Å². The van der Waals surface area contributed by atoms with Crippen LogP contribution in [0.3, 0.4) is 0 Å². The molecule has 120 valence electrons. The van der Waals surface area contributed by atoms with Gasteiger partial charge in [-0.25, -0.2) is 9.59 Å². The summed E-state index contributed by atoms with van der Waals surface area (Å²) in [7, 11) is 2.54. The van der Waals surface area contributed by atoms with Crippen molar-refractivity contribution in [3.63, 3.8) is 0 Å². The van der Waals surface area contributed by atoms with Gasteiger partial charge in [0.05, 0.1) is 30.5 Å². The number of hydrogen-bond acceptors (Lipinski definition) is 7. The van der Waals surface area contributed by atoms with E-state index >= 15 is 0 Å². The second-order valence-corrected chi connectivity index (χ2v) is 4.64. The van der Waals surface area contributed by atoms with Crippen molar-refractivity contribution >= 4 is 41.0 Å². The van der Waals surface area contributed by atoms with Crippen LogP contribution in [0.5, 0.6) is 0 Å². The van der Waals surface area contributed by atoms with Gasteiger partial charge in [-0.05, 0) is 30.3 Å². The Morgan fingerprint density at radius 2 is 1.74 bits per heavy atom. The van der Waals surface area contributed by atoms with E-state index in [0.717, 1.165) is 0 Å². The van der Waals surface area contributed by atoms with Crippen LogP contribution in [0.15, 0.2) is 30.3 Å². The zero-order chi connectivity index (χ0) is 16.8. The van der Waals surface area contributed by atoms with E-state index in [1.54, 1.807) is 18.2 Å². The fourth-order valence-electron chi connectivity index (χ4n) is 1.63. The Hall–Kier alpha value is -2.87. The minimum absolute atomic E-state index is 0.233. The molecule has 9 heteroatoms. The first-order valence-electron chi connectivity index (χ1n) is 6.37. The summed E-state index contributed by atoms with van der Waals surface area (Å²) in [6, 6.07) is 7.77. The van der Waals surface area contributed by atoms with E-state index in [0.29, 0.717) is 22.1 Å². The molecule has 0 saturated heterocycles. The summed E-state index contributed by atoms with van der Waals surface area (Å²) in [5.74, 6) is 0.134. The summed E-state index contributed by atoms with van der Waals surface area (Å²) in [6.45, 7) is 0. The Bertz CT molecular complexity index is 721. The lowest BCUT2D eigenvalue weighted by Crippen LogP contribution is -2.12. The highest BCUT2D eigenvalue weighted by atomic mass is 35.5. The van der Waals surface area contributed by atoms with Crippen molar-refractivity contribution in [3.05, 3.63) is 40.9 Å². The molecule has 2 N–H and O–H groups in total. The maximum atomic E-state index is 11.5. The first-order chi connectivity index (χ1) is 11.0. The van der Waals surface area contributed by atoms with Crippen molar-refractivity contribution < 1.29 is 19.1 Å². The van der Waals surface area contributed by atoms with Crippen LogP contribution < -0.4 is 10.6 Å². The largest absolute Gasteiger partial charge is 0.465 e. The third kappa shape index (κ3) is 4.30. The van der Waals surface area contributed by atoms with Crippen LogP contribution in [-0.2, 0) is 9.47 Å². The predicted octanol–water partition coefficient (Wildman–Crippen LogP) is 2.84. The number of hydrogen-bond donors (Lipinski definition) is 2. The Balaban J connectivity index is 2.15. The number of amides is 1. The second kappa shape index (κ2) is 7.41. The van der Waals surface area contributed by atoms with Gasteiger partial charge in [0.2, 0.25) is 0 Å². The van der Waals surface area contributed by atoms with E-state index in [9.17, 15) is 9.59 Å². The molecule has 0 atom stereocenters. The first-order valence-corrected chi connectivity index (χ1v) is 6.75.